The molecule has 5 nitrogen and oxygen atoms in total. The van der Waals surface area contributed by atoms with Crippen molar-refractivity contribution in [3.63, 3.8) is 0 Å². The van der Waals surface area contributed by atoms with Crippen LogP contribution in [0.2, 0.25) is 5.02 Å². The van der Waals surface area contributed by atoms with E-state index in [0.717, 1.165) is 5.56 Å². The Morgan fingerprint density at radius 2 is 1.96 bits per heavy atom. The zero-order chi connectivity index (χ0) is 18.1. The Kier molecular flexibility index (Phi) is 4.59. The van der Waals surface area contributed by atoms with Gasteiger partial charge in [0, 0.05) is 12.1 Å². The molecule has 6 heteroatoms. The van der Waals surface area contributed by atoms with Crippen LogP contribution in [0.1, 0.15) is 28.5 Å². The molecular formula is C19H18ClN3O2. The highest BCUT2D eigenvalue weighted by molar-refractivity contribution is 6.34. The van der Waals surface area contributed by atoms with E-state index in [1.807, 2.05) is 19.9 Å². The van der Waals surface area contributed by atoms with Gasteiger partial charge in [-0.3, -0.25) is 9.59 Å². The molecule has 0 aliphatic carbocycles. The van der Waals surface area contributed by atoms with Gasteiger partial charge < -0.3 is 9.88 Å². The molecule has 0 radical (unpaired) electrons. The minimum Gasteiger partial charge on any atom is -0.321 e. The average Bonchev–Trinajstić information content (AvgIpc) is 2.58. The molecule has 0 bridgehead atoms. The van der Waals surface area contributed by atoms with Crippen molar-refractivity contribution in [3.05, 3.63) is 68.6 Å². The van der Waals surface area contributed by atoms with E-state index in [1.165, 1.54) is 0 Å². The Labute approximate surface area is 150 Å². The lowest BCUT2D eigenvalue weighted by molar-refractivity contribution is 0.102. The number of benzene rings is 2. The van der Waals surface area contributed by atoms with Crippen LogP contribution in [-0.4, -0.2) is 15.5 Å². The van der Waals surface area contributed by atoms with Gasteiger partial charge in [-0.15, -0.1) is 0 Å². The van der Waals surface area contributed by atoms with Gasteiger partial charge in [0.2, 0.25) is 0 Å². The van der Waals surface area contributed by atoms with Crippen molar-refractivity contribution in [2.75, 3.05) is 5.32 Å². The van der Waals surface area contributed by atoms with Gasteiger partial charge in [-0.05, 0) is 56.7 Å². The Morgan fingerprint density at radius 3 is 2.64 bits per heavy atom. The van der Waals surface area contributed by atoms with Crippen molar-refractivity contribution in [1.82, 2.24) is 9.55 Å². The number of aryl methyl sites for hydroxylation is 3. The second kappa shape index (κ2) is 6.69. The SMILES string of the molecule is CCn1c(=O)c(C)nc2cc(C(=O)Nc3ccc(C)cc3Cl)ccc21. The molecule has 1 heterocycles. The van der Waals surface area contributed by atoms with E-state index in [-0.39, 0.29) is 11.5 Å². The van der Waals surface area contributed by atoms with E-state index in [2.05, 4.69) is 10.3 Å². The van der Waals surface area contributed by atoms with Crippen LogP contribution in [0.4, 0.5) is 5.69 Å². The summed E-state index contributed by atoms with van der Waals surface area (Å²) in [6.07, 6.45) is 0. The fraction of sp³-hybridized carbons (Fsp3) is 0.211. The van der Waals surface area contributed by atoms with Crippen LogP contribution in [-0.2, 0) is 6.54 Å². The molecule has 1 amide bonds. The molecule has 0 aliphatic rings. The number of amides is 1. The predicted molar refractivity (Wildman–Crippen MR) is 101 cm³/mol. The van der Waals surface area contributed by atoms with Gasteiger partial charge in [0.15, 0.2) is 0 Å². The molecular weight excluding hydrogens is 338 g/mol. The summed E-state index contributed by atoms with van der Waals surface area (Å²) in [5.74, 6) is -0.277. The molecule has 0 saturated carbocycles. The Balaban J connectivity index is 2.00. The van der Waals surface area contributed by atoms with Gasteiger partial charge >= 0.3 is 0 Å². The van der Waals surface area contributed by atoms with Crippen LogP contribution < -0.4 is 10.9 Å². The standard InChI is InChI=1S/C19H18ClN3O2/c1-4-23-17-8-6-13(10-16(17)21-12(3)19(23)25)18(24)22-15-7-5-11(2)9-14(15)20/h5-10H,4H2,1-3H3,(H,22,24). The van der Waals surface area contributed by atoms with Crippen LogP contribution in [0.5, 0.6) is 0 Å². The Bertz CT molecular complexity index is 1040. The highest BCUT2D eigenvalue weighted by atomic mass is 35.5. The number of nitrogens with one attached hydrogen (secondary N) is 1. The Morgan fingerprint density at radius 1 is 1.20 bits per heavy atom. The molecule has 0 atom stereocenters. The van der Waals surface area contributed by atoms with Crippen LogP contribution in [0, 0.1) is 13.8 Å². The van der Waals surface area contributed by atoms with Gasteiger partial charge in [-0.25, -0.2) is 4.98 Å². The number of halogens is 1. The predicted octanol–water partition coefficient (Wildman–Crippen LogP) is 3.94. The normalized spacial score (nSPS) is 10.9. The first-order valence-corrected chi connectivity index (χ1v) is 8.37. The summed E-state index contributed by atoms with van der Waals surface area (Å²) in [6.45, 7) is 6.05. The maximum absolute atomic E-state index is 12.5. The first-order valence-electron chi connectivity index (χ1n) is 7.99. The molecule has 0 spiro atoms. The molecule has 25 heavy (non-hydrogen) atoms. The number of fused-ring (bicyclic) bond motifs is 1. The molecule has 128 valence electrons. The summed E-state index contributed by atoms with van der Waals surface area (Å²) in [6, 6.07) is 10.6. The van der Waals surface area contributed by atoms with Crippen LogP contribution >= 0.6 is 11.6 Å². The number of nitrogens with zero attached hydrogens (tertiary/aromatic N) is 2. The summed E-state index contributed by atoms with van der Waals surface area (Å²) in [7, 11) is 0. The van der Waals surface area contributed by atoms with Crippen LogP contribution in [0.15, 0.2) is 41.2 Å². The third-order valence-corrected chi connectivity index (χ3v) is 4.37. The van der Waals surface area contributed by atoms with E-state index in [0.29, 0.717) is 39.5 Å². The van der Waals surface area contributed by atoms with Crippen molar-refractivity contribution in [3.8, 4) is 0 Å². The fourth-order valence-corrected chi connectivity index (χ4v) is 3.03. The average molecular weight is 356 g/mol. The largest absolute Gasteiger partial charge is 0.321 e. The van der Waals surface area contributed by atoms with Crippen LogP contribution in [0.3, 0.4) is 0 Å². The molecule has 1 aromatic heterocycles. The minimum absolute atomic E-state index is 0.112. The number of rotatable bonds is 3. The monoisotopic (exact) mass is 355 g/mol. The Hall–Kier alpha value is -2.66. The maximum atomic E-state index is 12.5. The van der Waals surface area contributed by atoms with E-state index in [4.69, 9.17) is 11.6 Å². The quantitative estimate of drug-likeness (QED) is 0.774. The first-order chi connectivity index (χ1) is 11.9. The zero-order valence-electron chi connectivity index (χ0n) is 14.3. The molecule has 0 unspecified atom stereocenters. The van der Waals surface area contributed by atoms with E-state index >= 15 is 0 Å². The van der Waals surface area contributed by atoms with Crippen molar-refractivity contribution >= 4 is 34.2 Å². The molecule has 0 saturated heterocycles. The summed E-state index contributed by atoms with van der Waals surface area (Å²) in [5, 5.41) is 3.29. The number of aromatic nitrogens is 2. The van der Waals surface area contributed by atoms with Crippen molar-refractivity contribution < 1.29 is 4.79 Å². The first kappa shape index (κ1) is 17.2. The van der Waals surface area contributed by atoms with E-state index in [1.54, 1.807) is 41.8 Å². The van der Waals surface area contributed by atoms with E-state index < -0.39 is 0 Å². The van der Waals surface area contributed by atoms with Crippen molar-refractivity contribution in [2.45, 2.75) is 27.3 Å². The smallest absolute Gasteiger partial charge is 0.272 e. The van der Waals surface area contributed by atoms with Crippen molar-refractivity contribution in [1.29, 1.82) is 0 Å². The van der Waals surface area contributed by atoms with Gasteiger partial charge in [-0.2, -0.15) is 0 Å². The third kappa shape index (κ3) is 3.28. The van der Waals surface area contributed by atoms with Crippen molar-refractivity contribution in [2.24, 2.45) is 0 Å². The maximum Gasteiger partial charge on any atom is 0.272 e. The lowest BCUT2D eigenvalue weighted by Crippen LogP contribution is -2.23. The number of carbonyl (C=O) groups is 1. The highest BCUT2D eigenvalue weighted by Crippen LogP contribution is 2.23. The lowest BCUT2D eigenvalue weighted by atomic mass is 10.1. The second-order valence-corrected chi connectivity index (χ2v) is 6.29. The van der Waals surface area contributed by atoms with Gasteiger partial charge in [0.25, 0.3) is 11.5 Å². The molecule has 0 aliphatic heterocycles. The number of anilines is 1. The number of hydrogen-bond acceptors (Lipinski definition) is 3. The molecule has 0 fully saturated rings. The summed E-state index contributed by atoms with van der Waals surface area (Å²) in [5.41, 5.74) is 3.65. The fourth-order valence-electron chi connectivity index (χ4n) is 2.75. The molecule has 2 aromatic carbocycles. The lowest BCUT2D eigenvalue weighted by Gasteiger charge is -2.11. The number of hydrogen-bond donors (Lipinski definition) is 1. The van der Waals surface area contributed by atoms with Crippen LogP contribution in [0.25, 0.3) is 11.0 Å². The van der Waals surface area contributed by atoms with Gasteiger partial charge in [-0.1, -0.05) is 17.7 Å². The topological polar surface area (TPSA) is 64.0 Å². The minimum atomic E-state index is -0.277. The molecule has 1 N–H and O–H groups in total. The summed E-state index contributed by atoms with van der Waals surface area (Å²) >= 11 is 6.17. The molecule has 3 aromatic rings. The van der Waals surface area contributed by atoms with E-state index in [9.17, 15) is 9.59 Å². The number of carbonyl (C=O) groups excluding carboxylic acids is 1. The summed E-state index contributed by atoms with van der Waals surface area (Å²) < 4.78 is 1.65. The second-order valence-electron chi connectivity index (χ2n) is 5.89. The highest BCUT2D eigenvalue weighted by Gasteiger charge is 2.12. The molecule has 3 rings (SSSR count). The third-order valence-electron chi connectivity index (χ3n) is 4.06. The zero-order valence-corrected chi connectivity index (χ0v) is 15.0. The summed E-state index contributed by atoms with van der Waals surface area (Å²) in [4.78, 5) is 29.0. The van der Waals surface area contributed by atoms with Gasteiger partial charge in [0.05, 0.1) is 21.7 Å². The van der Waals surface area contributed by atoms with Gasteiger partial charge in [0.1, 0.15) is 5.69 Å².